The summed E-state index contributed by atoms with van der Waals surface area (Å²) < 4.78 is 0. The second kappa shape index (κ2) is 8.86. The monoisotopic (exact) mass is 257 g/mol. The highest BCUT2D eigenvalue weighted by Crippen LogP contribution is 2.14. The second-order valence-corrected chi connectivity index (χ2v) is 5.66. The van der Waals surface area contributed by atoms with E-state index in [1.54, 1.807) is 0 Å². The Kier molecular flexibility index (Phi) is 7.82. The fourth-order valence-corrected chi connectivity index (χ4v) is 2.76. The Hall–Kier alpha value is -0.160. The largest absolute Gasteiger partial charge is 0.396 e. The summed E-state index contributed by atoms with van der Waals surface area (Å²) in [6, 6.07) is 1.10. The van der Waals surface area contributed by atoms with Gasteiger partial charge in [0.1, 0.15) is 0 Å². The van der Waals surface area contributed by atoms with Gasteiger partial charge in [0.15, 0.2) is 0 Å². The van der Waals surface area contributed by atoms with Gasteiger partial charge in [-0.3, -0.25) is 0 Å². The van der Waals surface area contributed by atoms with Crippen molar-refractivity contribution in [2.75, 3.05) is 46.9 Å². The highest BCUT2D eigenvalue weighted by Gasteiger charge is 2.22. The van der Waals surface area contributed by atoms with E-state index in [0.717, 1.165) is 25.9 Å². The molecule has 0 aromatic rings. The Bertz CT molecular complexity index is 213. The van der Waals surface area contributed by atoms with Gasteiger partial charge >= 0.3 is 0 Å². The smallest absolute Gasteiger partial charge is 0.0446 e. The summed E-state index contributed by atoms with van der Waals surface area (Å²) in [5.74, 6) is 0. The van der Waals surface area contributed by atoms with Crippen molar-refractivity contribution in [3.8, 4) is 0 Å². The molecule has 1 aliphatic rings. The van der Waals surface area contributed by atoms with Crippen molar-refractivity contribution >= 4 is 0 Å². The summed E-state index contributed by atoms with van der Waals surface area (Å²) in [5, 5.41) is 12.7. The van der Waals surface area contributed by atoms with E-state index in [9.17, 15) is 0 Å². The maximum atomic E-state index is 9.13. The molecule has 0 aromatic heterocycles. The predicted octanol–water partition coefficient (Wildman–Crippen LogP) is 0.763. The molecule has 0 saturated carbocycles. The molecule has 1 saturated heterocycles. The molecule has 0 aliphatic carbocycles. The van der Waals surface area contributed by atoms with E-state index in [2.05, 4.69) is 36.1 Å². The van der Waals surface area contributed by atoms with Gasteiger partial charge in [0.05, 0.1) is 0 Å². The zero-order chi connectivity index (χ0) is 13.4. The normalized spacial score (nSPS) is 23.5. The predicted molar refractivity (Wildman–Crippen MR) is 76.9 cm³/mol. The number of hydrogen-bond donors (Lipinski definition) is 2. The first-order chi connectivity index (χ1) is 8.67. The molecule has 2 atom stereocenters. The number of piperidine rings is 1. The summed E-state index contributed by atoms with van der Waals surface area (Å²) in [7, 11) is 4.43. The van der Waals surface area contributed by atoms with Crippen molar-refractivity contribution in [3.63, 3.8) is 0 Å². The van der Waals surface area contributed by atoms with Crippen molar-refractivity contribution in [1.82, 2.24) is 15.1 Å². The first-order valence-corrected chi connectivity index (χ1v) is 7.40. The zero-order valence-electron chi connectivity index (χ0n) is 12.4. The lowest BCUT2D eigenvalue weighted by atomic mass is 10.0. The fourth-order valence-electron chi connectivity index (χ4n) is 2.76. The van der Waals surface area contributed by atoms with Crippen molar-refractivity contribution in [2.45, 2.75) is 44.7 Å². The molecular weight excluding hydrogens is 226 g/mol. The number of likely N-dealkylation sites (tertiary alicyclic amines) is 1. The number of likely N-dealkylation sites (N-methyl/N-ethyl adjacent to an activating group) is 2. The maximum Gasteiger partial charge on any atom is 0.0446 e. The molecule has 2 N–H and O–H groups in total. The quantitative estimate of drug-likeness (QED) is 0.673. The van der Waals surface area contributed by atoms with Crippen LogP contribution in [-0.4, -0.2) is 73.9 Å². The van der Waals surface area contributed by atoms with Crippen LogP contribution in [0.4, 0.5) is 0 Å². The SMILES string of the molecule is CCCNC(CCO)CN(C)C1CCCN(C)C1. The third-order valence-electron chi connectivity index (χ3n) is 3.89. The van der Waals surface area contributed by atoms with Crippen molar-refractivity contribution < 1.29 is 5.11 Å². The Morgan fingerprint density at radius 2 is 2.28 bits per heavy atom. The second-order valence-electron chi connectivity index (χ2n) is 5.66. The van der Waals surface area contributed by atoms with E-state index in [0.29, 0.717) is 12.1 Å². The molecular formula is C14H31N3O. The summed E-state index contributed by atoms with van der Waals surface area (Å²) in [5.41, 5.74) is 0. The summed E-state index contributed by atoms with van der Waals surface area (Å²) >= 11 is 0. The van der Waals surface area contributed by atoms with Crippen LogP contribution >= 0.6 is 0 Å². The van der Waals surface area contributed by atoms with Crippen LogP contribution < -0.4 is 5.32 Å². The molecule has 1 heterocycles. The number of nitrogens with one attached hydrogen (secondary N) is 1. The Balaban J connectivity index is 2.36. The van der Waals surface area contributed by atoms with Gasteiger partial charge < -0.3 is 20.2 Å². The van der Waals surface area contributed by atoms with Crippen LogP contribution in [0.1, 0.15) is 32.6 Å². The topological polar surface area (TPSA) is 38.7 Å². The van der Waals surface area contributed by atoms with E-state index in [4.69, 9.17) is 5.11 Å². The number of aliphatic hydroxyl groups is 1. The molecule has 108 valence electrons. The molecule has 2 unspecified atom stereocenters. The minimum atomic E-state index is 0.278. The molecule has 1 rings (SSSR count). The lowest BCUT2D eigenvalue weighted by Gasteiger charge is -2.37. The van der Waals surface area contributed by atoms with Crippen LogP contribution in [0.25, 0.3) is 0 Å². The van der Waals surface area contributed by atoms with Gasteiger partial charge in [0, 0.05) is 31.8 Å². The first kappa shape index (κ1) is 15.9. The molecule has 0 bridgehead atoms. The highest BCUT2D eigenvalue weighted by molar-refractivity contribution is 4.80. The number of nitrogens with zero attached hydrogens (tertiary/aromatic N) is 2. The molecule has 4 nitrogen and oxygen atoms in total. The minimum Gasteiger partial charge on any atom is -0.396 e. The van der Waals surface area contributed by atoms with Crippen LogP contribution in [0.3, 0.4) is 0 Å². The highest BCUT2D eigenvalue weighted by atomic mass is 16.3. The van der Waals surface area contributed by atoms with Gasteiger partial charge in [0.2, 0.25) is 0 Å². The molecule has 18 heavy (non-hydrogen) atoms. The third kappa shape index (κ3) is 5.65. The first-order valence-electron chi connectivity index (χ1n) is 7.40. The van der Waals surface area contributed by atoms with E-state index >= 15 is 0 Å². The molecule has 0 spiro atoms. The van der Waals surface area contributed by atoms with Crippen LogP contribution in [0.15, 0.2) is 0 Å². The number of hydrogen-bond acceptors (Lipinski definition) is 4. The van der Waals surface area contributed by atoms with Crippen LogP contribution in [0.5, 0.6) is 0 Å². The van der Waals surface area contributed by atoms with E-state index in [1.807, 2.05) is 0 Å². The fraction of sp³-hybridized carbons (Fsp3) is 1.00. The number of aliphatic hydroxyl groups excluding tert-OH is 1. The lowest BCUT2D eigenvalue weighted by molar-refractivity contribution is 0.120. The van der Waals surface area contributed by atoms with E-state index in [-0.39, 0.29) is 6.61 Å². The summed E-state index contributed by atoms with van der Waals surface area (Å²) in [4.78, 5) is 4.89. The maximum absolute atomic E-state index is 9.13. The van der Waals surface area contributed by atoms with Crippen molar-refractivity contribution in [3.05, 3.63) is 0 Å². The summed E-state index contributed by atoms with van der Waals surface area (Å²) in [6.07, 6.45) is 4.61. The van der Waals surface area contributed by atoms with Crippen LogP contribution in [-0.2, 0) is 0 Å². The molecule has 0 radical (unpaired) electrons. The molecule has 0 aromatic carbocycles. The third-order valence-corrected chi connectivity index (χ3v) is 3.89. The summed E-state index contributed by atoms with van der Waals surface area (Å²) in [6.45, 7) is 6.96. The minimum absolute atomic E-state index is 0.278. The van der Waals surface area contributed by atoms with Gasteiger partial charge in [-0.25, -0.2) is 0 Å². The van der Waals surface area contributed by atoms with Gasteiger partial charge in [0.25, 0.3) is 0 Å². The van der Waals surface area contributed by atoms with Crippen molar-refractivity contribution in [1.29, 1.82) is 0 Å². The molecule has 1 aliphatic heterocycles. The standard InChI is InChI=1S/C14H31N3O/c1-4-8-15-13(7-10-18)11-17(3)14-6-5-9-16(2)12-14/h13-15,18H,4-12H2,1-3H3. The van der Waals surface area contributed by atoms with Gasteiger partial charge in [-0.1, -0.05) is 6.92 Å². The van der Waals surface area contributed by atoms with Gasteiger partial charge in [-0.05, 0) is 52.9 Å². The molecule has 1 fully saturated rings. The van der Waals surface area contributed by atoms with Gasteiger partial charge in [-0.2, -0.15) is 0 Å². The van der Waals surface area contributed by atoms with Crippen LogP contribution in [0, 0.1) is 0 Å². The Morgan fingerprint density at radius 3 is 2.89 bits per heavy atom. The average molecular weight is 257 g/mol. The average Bonchev–Trinajstić information content (AvgIpc) is 2.36. The van der Waals surface area contributed by atoms with Crippen LogP contribution in [0.2, 0.25) is 0 Å². The van der Waals surface area contributed by atoms with E-state index < -0.39 is 0 Å². The molecule has 0 amide bonds. The lowest BCUT2D eigenvalue weighted by Crippen LogP contribution is -2.49. The van der Waals surface area contributed by atoms with E-state index in [1.165, 1.54) is 25.9 Å². The van der Waals surface area contributed by atoms with Crippen molar-refractivity contribution in [2.24, 2.45) is 0 Å². The Morgan fingerprint density at radius 1 is 1.50 bits per heavy atom. The zero-order valence-corrected chi connectivity index (χ0v) is 12.4. The Labute approximate surface area is 112 Å². The number of rotatable bonds is 8. The molecule has 4 heteroatoms. The van der Waals surface area contributed by atoms with Gasteiger partial charge in [-0.15, -0.1) is 0 Å².